The predicted octanol–water partition coefficient (Wildman–Crippen LogP) is 1.86. The van der Waals surface area contributed by atoms with Gasteiger partial charge in [0, 0.05) is 0 Å². The van der Waals surface area contributed by atoms with Crippen LogP contribution >= 0.6 is 35.0 Å². The number of alkyl halides is 1. The molecule has 0 saturated carbocycles. The Morgan fingerprint density at radius 2 is 2.25 bits per heavy atom. The Morgan fingerprint density at radius 1 is 1.75 bits per heavy atom. The van der Waals surface area contributed by atoms with Crippen LogP contribution in [0.1, 0.15) is 6.92 Å². The molecule has 1 N–H and O–H groups in total. The van der Waals surface area contributed by atoms with Crippen molar-refractivity contribution in [3.05, 3.63) is 0 Å². The summed E-state index contributed by atoms with van der Waals surface area (Å²) >= 11 is 2.09. The van der Waals surface area contributed by atoms with Gasteiger partial charge in [-0.1, -0.05) is 22.6 Å². The van der Waals surface area contributed by atoms with Crippen molar-refractivity contribution >= 4 is 40.9 Å². The van der Waals surface area contributed by atoms with Gasteiger partial charge in [0.15, 0.2) is 5.90 Å². The first-order chi connectivity index (χ1) is 3.31. The molecule has 0 atom stereocenters. The zero-order chi connectivity index (χ0) is 5.70. The van der Waals surface area contributed by atoms with Gasteiger partial charge in [0.1, 0.15) is 0 Å². The number of hydrogen-bond donors (Lipinski definition) is 1. The summed E-state index contributed by atoms with van der Waals surface area (Å²) in [4.78, 5) is 0. The van der Waals surface area contributed by atoms with E-state index >= 15 is 0 Å². The van der Waals surface area contributed by atoms with E-state index < -0.39 is 0 Å². The molecule has 0 aliphatic carbocycles. The van der Waals surface area contributed by atoms with Crippen molar-refractivity contribution in [1.29, 1.82) is 5.41 Å². The van der Waals surface area contributed by atoms with Crippen molar-refractivity contribution in [1.82, 2.24) is 0 Å². The van der Waals surface area contributed by atoms with Gasteiger partial charge in [-0.2, -0.15) is 0 Å². The van der Waals surface area contributed by atoms with E-state index in [4.69, 9.17) is 10.1 Å². The number of nitrogens with one attached hydrogen (secondary N) is 1. The molecule has 0 fully saturated rings. The molecule has 0 rings (SSSR count). The first kappa shape index (κ1) is 11.3. The second-order valence-electron chi connectivity index (χ2n) is 0.990. The third-order valence-corrected chi connectivity index (χ3v) is 1.13. The fourth-order valence-corrected chi connectivity index (χ4v) is 0.433. The summed E-state index contributed by atoms with van der Waals surface area (Å²) in [5, 5.41) is 6.91. The molecular weight excluding hydrogens is 240 g/mol. The van der Waals surface area contributed by atoms with Crippen LogP contribution in [0.25, 0.3) is 0 Å². The highest BCUT2D eigenvalue weighted by Crippen LogP contribution is 1.84. The normalized spacial score (nSPS) is 7.25. The van der Waals surface area contributed by atoms with E-state index in [9.17, 15) is 0 Å². The van der Waals surface area contributed by atoms with Gasteiger partial charge < -0.3 is 4.74 Å². The fourth-order valence-electron chi connectivity index (χ4n) is 0.213. The van der Waals surface area contributed by atoms with Crippen molar-refractivity contribution in [3.63, 3.8) is 0 Å². The molecule has 50 valence electrons. The molecule has 0 radical (unpaired) electrons. The van der Waals surface area contributed by atoms with E-state index in [0.717, 1.165) is 0 Å². The first-order valence-corrected chi connectivity index (χ1v) is 3.60. The number of halogens is 2. The van der Waals surface area contributed by atoms with Crippen LogP contribution in [0.4, 0.5) is 0 Å². The lowest BCUT2D eigenvalue weighted by molar-refractivity contribution is 0.323. The summed E-state index contributed by atoms with van der Waals surface area (Å²) in [7, 11) is 0. The smallest absolute Gasteiger partial charge is 0.190 e. The first-order valence-electron chi connectivity index (χ1n) is 2.07. The minimum absolute atomic E-state index is 0. The maximum atomic E-state index is 6.91. The van der Waals surface area contributed by atoms with Crippen LogP contribution in [-0.2, 0) is 4.74 Å². The molecule has 0 aromatic carbocycles. The van der Waals surface area contributed by atoms with Gasteiger partial charge in [0.05, 0.1) is 11.0 Å². The Hall–Kier alpha value is 0.490. The number of ether oxygens (including phenoxy) is 1. The molecule has 0 aliphatic rings. The molecular formula is C4H9ClINO. The van der Waals surface area contributed by atoms with Crippen molar-refractivity contribution in [2.24, 2.45) is 0 Å². The van der Waals surface area contributed by atoms with Gasteiger partial charge >= 0.3 is 0 Å². The van der Waals surface area contributed by atoms with Crippen LogP contribution in [0.3, 0.4) is 0 Å². The van der Waals surface area contributed by atoms with Crippen LogP contribution in [0, 0.1) is 5.41 Å². The average Bonchev–Trinajstić information content (AvgIpc) is 1.68. The Bertz CT molecular complexity index is 69.1. The lowest BCUT2D eigenvalue weighted by atomic mass is 10.7. The maximum absolute atomic E-state index is 6.91. The summed E-state index contributed by atoms with van der Waals surface area (Å²) in [5.74, 6) is 0.364. The minimum Gasteiger partial charge on any atom is -0.481 e. The van der Waals surface area contributed by atoms with E-state index in [0.29, 0.717) is 16.9 Å². The second kappa shape index (κ2) is 7.49. The Balaban J connectivity index is 0. The largest absolute Gasteiger partial charge is 0.481 e. The van der Waals surface area contributed by atoms with Crippen LogP contribution in [0.2, 0.25) is 0 Å². The SMILES string of the molecule is CCOC(=N)CI.Cl. The lowest BCUT2D eigenvalue weighted by Crippen LogP contribution is -2.02. The molecule has 0 aromatic heterocycles. The van der Waals surface area contributed by atoms with Gasteiger partial charge in [-0.05, 0) is 6.92 Å². The zero-order valence-electron chi connectivity index (χ0n) is 4.61. The van der Waals surface area contributed by atoms with Gasteiger partial charge in [0.2, 0.25) is 0 Å². The molecule has 0 amide bonds. The molecule has 0 heterocycles. The lowest BCUT2D eigenvalue weighted by Gasteiger charge is -1.96. The molecule has 0 unspecified atom stereocenters. The maximum Gasteiger partial charge on any atom is 0.190 e. The molecule has 0 aliphatic heterocycles. The molecule has 0 saturated heterocycles. The van der Waals surface area contributed by atoms with Crippen molar-refractivity contribution < 1.29 is 4.74 Å². The molecule has 4 heteroatoms. The molecule has 2 nitrogen and oxygen atoms in total. The molecule has 0 aromatic rings. The number of rotatable bonds is 2. The highest BCUT2D eigenvalue weighted by atomic mass is 127. The van der Waals surface area contributed by atoms with Crippen LogP contribution in [0.5, 0.6) is 0 Å². The summed E-state index contributed by atoms with van der Waals surface area (Å²) in [5.41, 5.74) is 0. The van der Waals surface area contributed by atoms with Gasteiger partial charge in [-0.3, -0.25) is 5.41 Å². The molecule has 0 spiro atoms. The van der Waals surface area contributed by atoms with Crippen LogP contribution in [-0.4, -0.2) is 16.9 Å². The predicted molar refractivity (Wildman–Crippen MR) is 45.5 cm³/mol. The summed E-state index contributed by atoms with van der Waals surface area (Å²) in [6, 6.07) is 0. The highest BCUT2D eigenvalue weighted by molar-refractivity contribution is 14.1. The van der Waals surface area contributed by atoms with Crippen molar-refractivity contribution in [2.75, 3.05) is 11.0 Å². The molecule has 0 bridgehead atoms. The van der Waals surface area contributed by atoms with Crippen LogP contribution < -0.4 is 0 Å². The van der Waals surface area contributed by atoms with E-state index in [1.165, 1.54) is 0 Å². The van der Waals surface area contributed by atoms with Crippen molar-refractivity contribution in [3.8, 4) is 0 Å². The number of hydrogen-bond acceptors (Lipinski definition) is 2. The molecule has 8 heavy (non-hydrogen) atoms. The Labute approximate surface area is 69.0 Å². The Morgan fingerprint density at radius 3 is 2.38 bits per heavy atom. The minimum atomic E-state index is 0. The average molecular weight is 249 g/mol. The third kappa shape index (κ3) is 6.49. The monoisotopic (exact) mass is 249 g/mol. The van der Waals surface area contributed by atoms with E-state index in [1.807, 2.05) is 6.92 Å². The van der Waals surface area contributed by atoms with Gasteiger partial charge in [-0.15, -0.1) is 12.4 Å². The third-order valence-electron chi connectivity index (χ3n) is 0.440. The quantitative estimate of drug-likeness (QED) is 0.345. The van der Waals surface area contributed by atoms with Crippen LogP contribution in [0.15, 0.2) is 0 Å². The van der Waals surface area contributed by atoms with Crippen molar-refractivity contribution in [2.45, 2.75) is 6.92 Å². The second-order valence-corrected chi connectivity index (χ2v) is 1.75. The summed E-state index contributed by atoms with van der Waals surface area (Å²) in [6.45, 7) is 2.49. The highest BCUT2D eigenvalue weighted by Gasteiger charge is 1.86. The Kier molecular flexibility index (Phi) is 10.6. The summed E-state index contributed by atoms with van der Waals surface area (Å²) < 4.78 is 5.44. The van der Waals surface area contributed by atoms with Gasteiger partial charge in [0.25, 0.3) is 0 Å². The van der Waals surface area contributed by atoms with E-state index in [2.05, 4.69) is 22.6 Å². The van der Waals surface area contributed by atoms with E-state index in [1.54, 1.807) is 0 Å². The fraction of sp³-hybridized carbons (Fsp3) is 0.750. The van der Waals surface area contributed by atoms with E-state index in [-0.39, 0.29) is 12.4 Å². The summed E-state index contributed by atoms with van der Waals surface area (Å²) in [6.07, 6.45) is 0. The van der Waals surface area contributed by atoms with Gasteiger partial charge in [-0.25, -0.2) is 0 Å². The zero-order valence-corrected chi connectivity index (χ0v) is 7.58. The standard InChI is InChI=1S/C4H8INO.ClH/c1-2-7-4(6)3-5;/h6H,2-3H2,1H3;1H. The topological polar surface area (TPSA) is 33.1 Å².